The van der Waals surface area contributed by atoms with Gasteiger partial charge in [-0.3, -0.25) is 4.79 Å². The molecule has 1 atom stereocenters. The third-order valence-electron chi connectivity index (χ3n) is 3.89. The van der Waals surface area contributed by atoms with Gasteiger partial charge >= 0.3 is 5.97 Å². The summed E-state index contributed by atoms with van der Waals surface area (Å²) >= 11 is 0. The zero-order chi connectivity index (χ0) is 13.0. The molecule has 0 radical (unpaired) electrons. The summed E-state index contributed by atoms with van der Waals surface area (Å²) in [6.07, 6.45) is 6.35. The van der Waals surface area contributed by atoms with E-state index < -0.39 is 0 Å². The third kappa shape index (κ3) is 4.25. The van der Waals surface area contributed by atoms with E-state index in [2.05, 4.69) is 10.2 Å². The quantitative estimate of drug-likeness (QED) is 0.632. The van der Waals surface area contributed by atoms with Crippen molar-refractivity contribution < 1.29 is 9.53 Å². The van der Waals surface area contributed by atoms with Crippen LogP contribution in [0.25, 0.3) is 0 Å². The Labute approximate surface area is 110 Å². The summed E-state index contributed by atoms with van der Waals surface area (Å²) in [5, 5.41) is 3.22. The highest BCUT2D eigenvalue weighted by Crippen LogP contribution is 2.34. The molecule has 2 saturated carbocycles. The molecule has 0 saturated heterocycles. The number of carbonyl (C=O) groups excluding carboxylic acids is 1. The predicted molar refractivity (Wildman–Crippen MR) is 71.4 cm³/mol. The SMILES string of the molecule is CCNC(CCN(CC1CC1)C1CC1)C(=O)OC. The van der Waals surface area contributed by atoms with Crippen LogP contribution in [-0.4, -0.2) is 49.7 Å². The van der Waals surface area contributed by atoms with Gasteiger partial charge in [-0.2, -0.15) is 0 Å². The number of esters is 1. The van der Waals surface area contributed by atoms with Crippen LogP contribution in [0.15, 0.2) is 0 Å². The molecule has 0 bridgehead atoms. The van der Waals surface area contributed by atoms with Crippen LogP contribution in [-0.2, 0) is 9.53 Å². The van der Waals surface area contributed by atoms with Crippen LogP contribution in [0.2, 0.25) is 0 Å². The van der Waals surface area contributed by atoms with Gasteiger partial charge in [0.05, 0.1) is 7.11 Å². The van der Waals surface area contributed by atoms with E-state index in [1.54, 1.807) is 0 Å². The Kier molecular flexibility index (Phi) is 5.01. The van der Waals surface area contributed by atoms with Crippen molar-refractivity contribution in [2.24, 2.45) is 5.92 Å². The van der Waals surface area contributed by atoms with Crippen LogP contribution in [0.4, 0.5) is 0 Å². The van der Waals surface area contributed by atoms with Gasteiger partial charge in [0.2, 0.25) is 0 Å². The molecule has 1 N–H and O–H groups in total. The molecule has 4 heteroatoms. The second kappa shape index (κ2) is 6.53. The molecule has 0 aromatic heterocycles. The molecule has 104 valence electrons. The number of nitrogens with one attached hydrogen (secondary N) is 1. The van der Waals surface area contributed by atoms with Gasteiger partial charge in [0.1, 0.15) is 6.04 Å². The molecule has 0 amide bonds. The molecule has 0 aromatic carbocycles. The number of methoxy groups -OCH3 is 1. The molecule has 2 fully saturated rings. The molecule has 0 aliphatic heterocycles. The summed E-state index contributed by atoms with van der Waals surface area (Å²) < 4.78 is 4.85. The van der Waals surface area contributed by atoms with Crippen LogP contribution in [0.1, 0.15) is 39.0 Å². The lowest BCUT2D eigenvalue weighted by molar-refractivity contribution is -0.143. The van der Waals surface area contributed by atoms with Crippen LogP contribution in [0, 0.1) is 5.92 Å². The molecule has 0 heterocycles. The van der Waals surface area contributed by atoms with E-state index in [9.17, 15) is 4.79 Å². The molecule has 2 rings (SSSR count). The maximum Gasteiger partial charge on any atom is 0.322 e. The number of ether oxygens (including phenoxy) is 1. The van der Waals surface area contributed by atoms with Crippen molar-refractivity contribution in [3.63, 3.8) is 0 Å². The molecule has 0 spiro atoms. The molecule has 2 aliphatic rings. The molecule has 0 aromatic rings. The zero-order valence-electron chi connectivity index (χ0n) is 11.7. The first kappa shape index (κ1) is 13.8. The first-order valence-corrected chi connectivity index (χ1v) is 7.29. The Morgan fingerprint density at radius 2 is 2.11 bits per heavy atom. The summed E-state index contributed by atoms with van der Waals surface area (Å²) in [7, 11) is 1.47. The fraction of sp³-hybridized carbons (Fsp3) is 0.929. The van der Waals surface area contributed by atoms with E-state index >= 15 is 0 Å². The summed E-state index contributed by atoms with van der Waals surface area (Å²) in [4.78, 5) is 14.2. The fourth-order valence-corrected chi connectivity index (χ4v) is 2.48. The van der Waals surface area contributed by atoms with Gasteiger partial charge in [-0.1, -0.05) is 6.92 Å². The minimum atomic E-state index is -0.138. The van der Waals surface area contributed by atoms with Gasteiger partial charge in [-0.05, 0) is 44.6 Å². The van der Waals surface area contributed by atoms with Gasteiger partial charge in [0.15, 0.2) is 0 Å². The van der Waals surface area contributed by atoms with Gasteiger partial charge < -0.3 is 15.0 Å². The topological polar surface area (TPSA) is 41.6 Å². The van der Waals surface area contributed by atoms with Crippen molar-refractivity contribution in [1.29, 1.82) is 0 Å². The molecule has 18 heavy (non-hydrogen) atoms. The molecular formula is C14H26N2O2. The third-order valence-corrected chi connectivity index (χ3v) is 3.89. The Bertz CT molecular complexity index is 275. The largest absolute Gasteiger partial charge is 0.468 e. The lowest BCUT2D eigenvalue weighted by Gasteiger charge is -2.24. The number of carbonyl (C=O) groups is 1. The van der Waals surface area contributed by atoms with Crippen LogP contribution in [0.3, 0.4) is 0 Å². The average Bonchev–Trinajstić information content (AvgIpc) is 3.24. The number of nitrogens with zero attached hydrogens (tertiary/aromatic N) is 1. The van der Waals surface area contributed by atoms with Crippen molar-refractivity contribution in [3.8, 4) is 0 Å². The Morgan fingerprint density at radius 1 is 1.39 bits per heavy atom. The summed E-state index contributed by atoms with van der Waals surface area (Å²) in [5.41, 5.74) is 0. The van der Waals surface area contributed by atoms with Gasteiger partial charge in [-0.25, -0.2) is 0 Å². The maximum absolute atomic E-state index is 11.6. The first-order chi connectivity index (χ1) is 8.74. The Hall–Kier alpha value is -0.610. The van der Waals surface area contributed by atoms with Crippen molar-refractivity contribution in [3.05, 3.63) is 0 Å². The van der Waals surface area contributed by atoms with Crippen molar-refractivity contribution in [1.82, 2.24) is 10.2 Å². The van der Waals surface area contributed by atoms with E-state index in [4.69, 9.17) is 4.74 Å². The predicted octanol–water partition coefficient (Wildman–Crippen LogP) is 1.40. The van der Waals surface area contributed by atoms with E-state index in [-0.39, 0.29) is 12.0 Å². The maximum atomic E-state index is 11.6. The first-order valence-electron chi connectivity index (χ1n) is 7.29. The highest BCUT2D eigenvalue weighted by molar-refractivity contribution is 5.75. The summed E-state index contributed by atoms with van der Waals surface area (Å²) in [5.74, 6) is 0.806. The van der Waals surface area contributed by atoms with Gasteiger partial charge in [-0.15, -0.1) is 0 Å². The van der Waals surface area contributed by atoms with Crippen molar-refractivity contribution in [2.75, 3.05) is 26.7 Å². The highest BCUT2D eigenvalue weighted by Gasteiger charge is 2.34. The average molecular weight is 254 g/mol. The number of hydrogen-bond donors (Lipinski definition) is 1. The summed E-state index contributed by atoms with van der Waals surface area (Å²) in [6.45, 7) is 5.10. The Morgan fingerprint density at radius 3 is 2.61 bits per heavy atom. The van der Waals surface area contributed by atoms with Gasteiger partial charge in [0, 0.05) is 19.1 Å². The van der Waals surface area contributed by atoms with Gasteiger partial charge in [0.25, 0.3) is 0 Å². The number of hydrogen-bond acceptors (Lipinski definition) is 4. The van der Waals surface area contributed by atoms with E-state index in [1.165, 1.54) is 39.3 Å². The van der Waals surface area contributed by atoms with Crippen molar-refractivity contribution >= 4 is 5.97 Å². The van der Waals surface area contributed by atoms with E-state index in [0.29, 0.717) is 0 Å². The van der Waals surface area contributed by atoms with Crippen LogP contribution in [0.5, 0.6) is 0 Å². The monoisotopic (exact) mass is 254 g/mol. The zero-order valence-corrected chi connectivity index (χ0v) is 11.7. The lowest BCUT2D eigenvalue weighted by Crippen LogP contribution is -2.41. The van der Waals surface area contributed by atoms with E-state index in [0.717, 1.165) is 31.5 Å². The summed E-state index contributed by atoms with van der Waals surface area (Å²) in [6, 6.07) is 0.658. The minimum absolute atomic E-state index is 0.126. The second-order valence-electron chi connectivity index (χ2n) is 5.59. The fourth-order valence-electron chi connectivity index (χ4n) is 2.48. The highest BCUT2D eigenvalue weighted by atomic mass is 16.5. The molecule has 1 unspecified atom stereocenters. The second-order valence-corrected chi connectivity index (χ2v) is 5.59. The number of likely N-dealkylation sites (N-methyl/N-ethyl adjacent to an activating group) is 1. The molecule has 2 aliphatic carbocycles. The molecular weight excluding hydrogens is 228 g/mol. The number of rotatable bonds is 9. The molecule has 4 nitrogen and oxygen atoms in total. The standard InChI is InChI=1S/C14H26N2O2/c1-3-15-13(14(17)18-2)8-9-16(12-6-7-12)10-11-4-5-11/h11-13,15H,3-10H2,1-2H3. The van der Waals surface area contributed by atoms with Crippen LogP contribution < -0.4 is 5.32 Å². The van der Waals surface area contributed by atoms with E-state index in [1.807, 2.05) is 6.92 Å². The van der Waals surface area contributed by atoms with Crippen LogP contribution >= 0.6 is 0 Å². The minimum Gasteiger partial charge on any atom is -0.468 e. The lowest BCUT2D eigenvalue weighted by atomic mass is 10.2. The Balaban J connectivity index is 1.76. The van der Waals surface area contributed by atoms with Crippen molar-refractivity contribution in [2.45, 2.75) is 51.1 Å². The normalized spacial score (nSPS) is 21.1. The smallest absolute Gasteiger partial charge is 0.322 e.